The van der Waals surface area contributed by atoms with Crippen LogP contribution in [0.2, 0.25) is 0 Å². The van der Waals surface area contributed by atoms with E-state index in [1.165, 1.54) is 18.8 Å². The molecule has 0 aliphatic carbocycles. The molecule has 32 heavy (non-hydrogen) atoms. The molecule has 5 N–H and O–H groups in total. The number of quaternary nitrogens is 1. The van der Waals surface area contributed by atoms with Crippen LogP contribution in [0.5, 0.6) is 23.0 Å². The minimum atomic E-state index is -0.590. The van der Waals surface area contributed by atoms with Crippen molar-refractivity contribution in [3.05, 3.63) is 57.9 Å². The van der Waals surface area contributed by atoms with Gasteiger partial charge in [-0.1, -0.05) is 12.1 Å². The number of ketones is 1. The Morgan fingerprint density at radius 3 is 2.31 bits per heavy atom. The number of carbonyl (C=O) groups is 1. The third-order valence-corrected chi connectivity index (χ3v) is 5.47. The smallest absolute Gasteiger partial charge is 0.265 e. The highest BCUT2D eigenvalue weighted by atomic mass is 16.5. The quantitative estimate of drug-likeness (QED) is 0.360. The Hall–Kier alpha value is -3.56. The van der Waals surface area contributed by atoms with E-state index >= 15 is 0 Å². The second-order valence-corrected chi connectivity index (χ2v) is 7.36. The van der Waals surface area contributed by atoms with Crippen molar-refractivity contribution in [3.8, 4) is 23.0 Å². The molecule has 0 saturated carbocycles. The van der Waals surface area contributed by atoms with Crippen molar-refractivity contribution < 1.29 is 34.9 Å². The summed E-state index contributed by atoms with van der Waals surface area (Å²) < 4.78 is 11.7. The number of hydrogen-bond donors (Lipinski definition) is 4. The number of Topliss-reactive ketones (excluding diaryl/α,β-unsaturated/α-hetero) is 1. The molecule has 0 amide bonds. The number of aliphatic hydroxyl groups is 1. The fourth-order valence-electron chi connectivity index (χ4n) is 3.77. The van der Waals surface area contributed by atoms with E-state index in [1.807, 2.05) is 0 Å². The van der Waals surface area contributed by atoms with Gasteiger partial charge in [0, 0.05) is 18.0 Å². The number of hydrogen-bond acceptors (Lipinski definition) is 7. The molecule has 2 aromatic carbocycles. The van der Waals surface area contributed by atoms with Gasteiger partial charge in [0.1, 0.15) is 17.4 Å². The monoisotopic (exact) mass is 443 g/mol. The van der Waals surface area contributed by atoms with Crippen LogP contribution in [0.4, 0.5) is 0 Å². The predicted octanol–water partition coefficient (Wildman–Crippen LogP) is 0.837. The summed E-state index contributed by atoms with van der Waals surface area (Å²) in [6.07, 6.45) is -0.141. The number of benzene rings is 2. The van der Waals surface area contributed by atoms with Crippen LogP contribution in [0.3, 0.4) is 0 Å². The van der Waals surface area contributed by atoms with Gasteiger partial charge in [-0.05, 0) is 24.3 Å². The van der Waals surface area contributed by atoms with Gasteiger partial charge < -0.3 is 34.7 Å². The molecule has 1 aromatic heterocycles. The van der Waals surface area contributed by atoms with Crippen molar-refractivity contribution >= 4 is 16.7 Å². The molecule has 0 aliphatic rings. The van der Waals surface area contributed by atoms with Crippen LogP contribution < -0.4 is 20.3 Å². The van der Waals surface area contributed by atoms with Gasteiger partial charge in [-0.25, -0.2) is 0 Å². The van der Waals surface area contributed by atoms with Gasteiger partial charge in [0.15, 0.2) is 17.3 Å². The van der Waals surface area contributed by atoms with E-state index in [9.17, 15) is 24.9 Å². The van der Waals surface area contributed by atoms with E-state index < -0.39 is 17.4 Å². The molecule has 9 heteroatoms. The van der Waals surface area contributed by atoms with E-state index in [-0.39, 0.29) is 41.6 Å². The molecule has 3 aromatic rings. The highest BCUT2D eigenvalue weighted by Crippen LogP contribution is 2.39. The van der Waals surface area contributed by atoms with E-state index in [4.69, 9.17) is 9.47 Å². The van der Waals surface area contributed by atoms with Crippen LogP contribution >= 0.6 is 0 Å². The number of aromatic nitrogens is 1. The van der Waals surface area contributed by atoms with E-state index in [2.05, 4.69) is 0 Å². The lowest BCUT2D eigenvalue weighted by Gasteiger charge is -2.18. The molecule has 0 fully saturated rings. The number of ether oxygens (including phenoxy) is 2. The zero-order valence-corrected chi connectivity index (χ0v) is 18.2. The van der Waals surface area contributed by atoms with Crippen molar-refractivity contribution in [3.63, 3.8) is 0 Å². The highest BCUT2D eigenvalue weighted by molar-refractivity contribution is 6.03. The van der Waals surface area contributed by atoms with Crippen molar-refractivity contribution in [2.75, 3.05) is 27.4 Å². The Labute approximate surface area is 184 Å². The molecule has 1 atom stereocenters. The van der Waals surface area contributed by atoms with E-state index in [0.29, 0.717) is 23.0 Å². The molecular weight excluding hydrogens is 416 g/mol. The molecule has 1 heterocycles. The SMILES string of the molecule is COc1cc([C@H](CC(=O)c2c(O)c3ccccc3n(C)c2=O)[NH2+]CCO)cc(OC)c1O. The number of aliphatic hydroxyl groups excluding tert-OH is 1. The summed E-state index contributed by atoms with van der Waals surface area (Å²) in [4.78, 5) is 26.1. The predicted molar refractivity (Wildman–Crippen MR) is 118 cm³/mol. The van der Waals surface area contributed by atoms with Gasteiger partial charge in [0.25, 0.3) is 5.56 Å². The van der Waals surface area contributed by atoms with Crippen molar-refractivity contribution in [1.29, 1.82) is 0 Å². The average molecular weight is 443 g/mol. The van der Waals surface area contributed by atoms with Crippen molar-refractivity contribution in [1.82, 2.24) is 4.57 Å². The first-order valence-corrected chi connectivity index (χ1v) is 10.1. The van der Waals surface area contributed by atoms with Crippen LogP contribution in [0, 0.1) is 0 Å². The molecule has 0 spiro atoms. The summed E-state index contributed by atoms with van der Waals surface area (Å²) in [5.74, 6) is -0.737. The number of fused-ring (bicyclic) bond motifs is 1. The summed E-state index contributed by atoms with van der Waals surface area (Å²) in [5, 5.41) is 32.4. The number of rotatable bonds is 9. The number of carbonyl (C=O) groups excluding carboxylic acids is 1. The molecule has 3 rings (SSSR count). The Bertz CT molecular complexity index is 1180. The number of para-hydroxylation sites is 1. The van der Waals surface area contributed by atoms with Gasteiger partial charge in [-0.15, -0.1) is 0 Å². The Balaban J connectivity index is 2.06. The van der Waals surface area contributed by atoms with Crippen LogP contribution in [-0.4, -0.2) is 53.0 Å². The van der Waals surface area contributed by atoms with Gasteiger partial charge in [0.2, 0.25) is 5.75 Å². The van der Waals surface area contributed by atoms with Gasteiger partial charge in [0.05, 0.1) is 39.3 Å². The zero-order chi connectivity index (χ0) is 23.4. The second-order valence-electron chi connectivity index (χ2n) is 7.36. The fraction of sp³-hybridized carbons (Fsp3) is 0.304. The van der Waals surface area contributed by atoms with Crippen LogP contribution in [0.15, 0.2) is 41.2 Å². The maximum Gasteiger partial charge on any atom is 0.265 e. The number of aromatic hydroxyl groups is 2. The average Bonchev–Trinajstić information content (AvgIpc) is 2.80. The second kappa shape index (κ2) is 9.71. The summed E-state index contributed by atoms with van der Waals surface area (Å²) in [5.41, 5.74) is 0.234. The number of phenolic OH excluding ortho intramolecular Hbond substituents is 1. The lowest BCUT2D eigenvalue weighted by Crippen LogP contribution is -2.86. The van der Waals surface area contributed by atoms with E-state index in [0.717, 1.165) is 0 Å². The Morgan fingerprint density at radius 1 is 1.09 bits per heavy atom. The number of phenols is 1. The first-order valence-electron chi connectivity index (χ1n) is 10.1. The van der Waals surface area contributed by atoms with Crippen molar-refractivity contribution in [2.45, 2.75) is 12.5 Å². The first-order chi connectivity index (χ1) is 15.3. The van der Waals surface area contributed by atoms with E-state index in [1.54, 1.807) is 48.8 Å². The molecule has 9 nitrogen and oxygen atoms in total. The van der Waals surface area contributed by atoms with Gasteiger partial charge in [-0.3, -0.25) is 9.59 Å². The Morgan fingerprint density at radius 2 is 1.72 bits per heavy atom. The molecule has 0 bridgehead atoms. The third-order valence-electron chi connectivity index (χ3n) is 5.47. The van der Waals surface area contributed by atoms with Crippen molar-refractivity contribution in [2.24, 2.45) is 7.05 Å². The number of pyridine rings is 1. The molecule has 0 aliphatic heterocycles. The molecular formula is C23H27N2O7+. The summed E-state index contributed by atoms with van der Waals surface area (Å²) >= 11 is 0. The van der Waals surface area contributed by atoms with Crippen LogP contribution in [0.25, 0.3) is 10.9 Å². The van der Waals surface area contributed by atoms with Crippen LogP contribution in [0.1, 0.15) is 28.4 Å². The van der Waals surface area contributed by atoms with Gasteiger partial charge >= 0.3 is 0 Å². The highest BCUT2D eigenvalue weighted by Gasteiger charge is 2.27. The first kappa shape index (κ1) is 23.1. The van der Waals surface area contributed by atoms with Crippen LogP contribution in [-0.2, 0) is 7.05 Å². The molecule has 170 valence electrons. The minimum Gasteiger partial charge on any atom is -0.506 e. The maximum atomic E-state index is 13.2. The maximum absolute atomic E-state index is 13.2. The lowest BCUT2D eigenvalue weighted by molar-refractivity contribution is -0.695. The Kier molecular flexibility index (Phi) is 7.01. The number of nitrogens with zero attached hydrogens (tertiary/aromatic N) is 1. The standard InChI is InChI=1S/C23H26N2O7/c1-25-16-7-5-4-6-14(16)21(28)20(23(25)30)17(27)12-15(24-8-9-26)13-10-18(31-2)22(29)19(11-13)32-3/h4-7,10-11,15,24,26,28-29H,8-9,12H2,1-3H3/p+1/t15-/m0/s1. The zero-order valence-electron chi connectivity index (χ0n) is 18.2. The number of methoxy groups -OCH3 is 2. The fourth-order valence-corrected chi connectivity index (χ4v) is 3.77. The summed E-state index contributed by atoms with van der Waals surface area (Å²) in [7, 11) is 4.34. The minimum absolute atomic E-state index is 0.125. The third kappa shape index (κ3) is 4.25. The topological polar surface area (TPSA) is 135 Å². The summed E-state index contributed by atoms with van der Waals surface area (Å²) in [6, 6.07) is 9.41. The largest absolute Gasteiger partial charge is 0.506 e. The lowest BCUT2D eigenvalue weighted by atomic mass is 9.96. The normalized spacial score (nSPS) is 12.0. The number of nitrogens with two attached hydrogens (primary N) is 1. The molecule has 0 unspecified atom stereocenters. The summed E-state index contributed by atoms with van der Waals surface area (Å²) in [6.45, 7) is 0.172. The van der Waals surface area contributed by atoms with Gasteiger partial charge in [-0.2, -0.15) is 0 Å². The number of aryl methyl sites for hydroxylation is 1. The molecule has 0 saturated heterocycles. The molecule has 0 radical (unpaired) electrons.